The van der Waals surface area contributed by atoms with E-state index in [9.17, 15) is 9.59 Å². The van der Waals surface area contributed by atoms with Crippen LogP contribution in [0.15, 0.2) is 23.7 Å². The maximum atomic E-state index is 12.6. The van der Waals surface area contributed by atoms with Crippen LogP contribution in [0, 0.1) is 0 Å². The van der Waals surface area contributed by atoms with E-state index in [0.29, 0.717) is 18.0 Å². The number of nitrogens with one attached hydrogen (secondary N) is 1. The fraction of sp³-hybridized carbons (Fsp3) is 0.421. The van der Waals surface area contributed by atoms with Crippen molar-refractivity contribution in [1.82, 2.24) is 10.3 Å². The number of carbonyl (C=O) groups is 2. The number of hydrogen-bond acceptors (Lipinski definition) is 5. The Hall–Kier alpha value is -2.12. The third kappa shape index (κ3) is 4.59. The van der Waals surface area contributed by atoms with Gasteiger partial charge in [0.2, 0.25) is 0 Å². The molecule has 0 saturated heterocycles. The fourth-order valence-electron chi connectivity index (χ4n) is 3.00. The number of anilines is 1. The van der Waals surface area contributed by atoms with Gasteiger partial charge in [-0.1, -0.05) is 23.7 Å². The van der Waals surface area contributed by atoms with Gasteiger partial charge in [0, 0.05) is 13.1 Å². The van der Waals surface area contributed by atoms with Crippen LogP contribution in [0.2, 0.25) is 5.15 Å². The maximum absolute atomic E-state index is 12.6. The van der Waals surface area contributed by atoms with Crippen LogP contribution < -0.4 is 10.2 Å². The number of ether oxygens (including phenoxy) is 1. The maximum Gasteiger partial charge on any atom is 0.414 e. The summed E-state index contributed by atoms with van der Waals surface area (Å²) in [6, 6.07) is 5.78. The molecule has 1 aromatic heterocycles. The number of carbonyl (C=O) groups excluding carboxylic acids is 2. The number of thiazole rings is 1. The lowest BCUT2D eigenvalue weighted by atomic mass is 9.96. The molecule has 0 bridgehead atoms. The van der Waals surface area contributed by atoms with Crippen molar-refractivity contribution < 1.29 is 14.3 Å². The Bertz CT molecular complexity index is 860. The van der Waals surface area contributed by atoms with E-state index >= 15 is 0 Å². The Morgan fingerprint density at radius 1 is 1.37 bits per heavy atom. The molecule has 2 heterocycles. The van der Waals surface area contributed by atoms with E-state index in [1.807, 2.05) is 39.0 Å². The molecule has 27 heavy (non-hydrogen) atoms. The van der Waals surface area contributed by atoms with Gasteiger partial charge in [-0.2, -0.15) is 0 Å². The topological polar surface area (TPSA) is 71.5 Å². The van der Waals surface area contributed by atoms with E-state index in [-0.39, 0.29) is 17.2 Å². The molecule has 8 heteroatoms. The van der Waals surface area contributed by atoms with Gasteiger partial charge in [0.1, 0.15) is 10.5 Å². The second-order valence-electron chi connectivity index (χ2n) is 7.31. The van der Waals surface area contributed by atoms with Gasteiger partial charge in [0.05, 0.1) is 11.2 Å². The normalized spacial score (nSPS) is 13.9. The minimum atomic E-state index is -0.547. The van der Waals surface area contributed by atoms with Gasteiger partial charge in [-0.05, 0) is 50.8 Å². The standard InChI is InChI=1S/C19H22ClN3O3S/c1-19(2,3)26-18(25)23-9-5-7-13-12(6-4-8-14(13)23)10-21-17(24)15-16(20)22-11-27-15/h4,6,8,11H,5,7,9-10H2,1-3H3,(H,21,24). The Morgan fingerprint density at radius 3 is 2.81 bits per heavy atom. The Balaban J connectivity index is 1.77. The lowest BCUT2D eigenvalue weighted by molar-refractivity contribution is 0.0577. The molecule has 1 N–H and O–H groups in total. The zero-order valence-electron chi connectivity index (χ0n) is 15.5. The molecule has 3 rings (SSSR count). The minimum Gasteiger partial charge on any atom is -0.443 e. The number of hydrogen-bond donors (Lipinski definition) is 1. The van der Waals surface area contributed by atoms with E-state index in [4.69, 9.17) is 16.3 Å². The van der Waals surface area contributed by atoms with E-state index in [1.54, 1.807) is 10.4 Å². The highest BCUT2D eigenvalue weighted by Crippen LogP contribution is 2.31. The van der Waals surface area contributed by atoms with Crippen molar-refractivity contribution in [2.24, 2.45) is 0 Å². The van der Waals surface area contributed by atoms with E-state index in [0.717, 1.165) is 29.7 Å². The van der Waals surface area contributed by atoms with Gasteiger partial charge in [0.15, 0.2) is 5.15 Å². The predicted molar refractivity (Wildman–Crippen MR) is 107 cm³/mol. The lowest BCUT2D eigenvalue weighted by Gasteiger charge is -2.32. The SMILES string of the molecule is CC(C)(C)OC(=O)N1CCCc2c(CNC(=O)c3scnc3Cl)cccc21. The van der Waals surface area contributed by atoms with Crippen LogP contribution in [0.3, 0.4) is 0 Å². The molecule has 144 valence electrons. The van der Waals surface area contributed by atoms with E-state index in [1.165, 1.54) is 11.3 Å². The summed E-state index contributed by atoms with van der Waals surface area (Å²) in [4.78, 5) is 30.8. The Labute approximate surface area is 167 Å². The third-order valence-electron chi connectivity index (χ3n) is 4.13. The molecule has 2 aromatic rings. The van der Waals surface area contributed by atoms with Crippen molar-refractivity contribution in [2.45, 2.75) is 45.8 Å². The molecular weight excluding hydrogens is 386 g/mol. The number of nitrogens with zero attached hydrogens (tertiary/aromatic N) is 2. The van der Waals surface area contributed by atoms with Crippen molar-refractivity contribution in [3.63, 3.8) is 0 Å². The molecule has 0 atom stereocenters. The monoisotopic (exact) mass is 407 g/mol. The number of benzene rings is 1. The average Bonchev–Trinajstić information content (AvgIpc) is 3.03. The second kappa shape index (κ2) is 7.86. The summed E-state index contributed by atoms with van der Waals surface area (Å²) < 4.78 is 5.53. The number of halogens is 1. The molecule has 0 fully saturated rings. The Kier molecular flexibility index (Phi) is 5.72. The molecule has 6 nitrogen and oxygen atoms in total. The molecule has 1 aliphatic heterocycles. The first-order valence-corrected chi connectivity index (χ1v) is 10.0. The molecule has 1 aromatic carbocycles. The summed E-state index contributed by atoms with van der Waals surface area (Å²) in [5.74, 6) is -0.250. The summed E-state index contributed by atoms with van der Waals surface area (Å²) >= 11 is 7.13. The number of amides is 2. The zero-order chi connectivity index (χ0) is 19.6. The summed E-state index contributed by atoms with van der Waals surface area (Å²) in [6.45, 7) is 6.54. The first-order chi connectivity index (χ1) is 12.8. The average molecular weight is 408 g/mol. The van der Waals surface area contributed by atoms with Crippen molar-refractivity contribution in [3.8, 4) is 0 Å². The first kappa shape index (κ1) is 19.6. The quantitative estimate of drug-likeness (QED) is 0.817. The van der Waals surface area contributed by atoms with Crippen molar-refractivity contribution in [2.75, 3.05) is 11.4 Å². The van der Waals surface area contributed by atoms with Gasteiger partial charge in [-0.3, -0.25) is 9.69 Å². The van der Waals surface area contributed by atoms with Gasteiger partial charge < -0.3 is 10.1 Å². The number of aromatic nitrogens is 1. The van der Waals surface area contributed by atoms with Gasteiger partial charge in [-0.25, -0.2) is 9.78 Å². The first-order valence-electron chi connectivity index (χ1n) is 8.75. The summed E-state index contributed by atoms with van der Waals surface area (Å²) in [7, 11) is 0. The largest absolute Gasteiger partial charge is 0.443 e. The van der Waals surface area contributed by atoms with Crippen molar-refractivity contribution in [1.29, 1.82) is 0 Å². The molecule has 0 spiro atoms. The predicted octanol–water partition coefficient (Wildman–Crippen LogP) is 4.41. The van der Waals surface area contributed by atoms with Crippen LogP contribution in [0.25, 0.3) is 0 Å². The molecule has 0 unspecified atom stereocenters. The molecule has 0 radical (unpaired) electrons. The lowest BCUT2D eigenvalue weighted by Crippen LogP contribution is -2.40. The minimum absolute atomic E-state index is 0.212. The van der Waals surface area contributed by atoms with Crippen LogP contribution in [-0.2, 0) is 17.7 Å². The van der Waals surface area contributed by atoms with Gasteiger partial charge >= 0.3 is 6.09 Å². The number of fused-ring (bicyclic) bond motifs is 1. The molecular formula is C19H22ClN3O3S. The number of rotatable bonds is 3. The smallest absolute Gasteiger partial charge is 0.414 e. The highest BCUT2D eigenvalue weighted by molar-refractivity contribution is 7.12. The van der Waals surface area contributed by atoms with Crippen molar-refractivity contribution >= 4 is 40.6 Å². The molecule has 0 saturated carbocycles. The summed E-state index contributed by atoms with van der Waals surface area (Å²) in [5, 5.41) is 3.10. The van der Waals surface area contributed by atoms with E-state index < -0.39 is 5.60 Å². The summed E-state index contributed by atoms with van der Waals surface area (Å²) in [5.41, 5.74) is 3.88. The third-order valence-corrected chi connectivity index (χ3v) is 5.35. The van der Waals surface area contributed by atoms with Gasteiger partial charge in [-0.15, -0.1) is 11.3 Å². The van der Waals surface area contributed by atoms with Crippen LogP contribution in [0.4, 0.5) is 10.5 Å². The van der Waals surface area contributed by atoms with Crippen LogP contribution >= 0.6 is 22.9 Å². The highest BCUT2D eigenvalue weighted by Gasteiger charge is 2.28. The van der Waals surface area contributed by atoms with Crippen LogP contribution in [0.1, 0.15) is 48.0 Å². The molecule has 2 amide bonds. The molecule has 1 aliphatic rings. The molecule has 0 aliphatic carbocycles. The van der Waals surface area contributed by atoms with E-state index in [2.05, 4.69) is 10.3 Å². The van der Waals surface area contributed by atoms with Crippen LogP contribution in [0.5, 0.6) is 0 Å². The van der Waals surface area contributed by atoms with Crippen molar-refractivity contribution in [3.05, 3.63) is 44.9 Å². The second-order valence-corrected chi connectivity index (χ2v) is 8.52. The zero-order valence-corrected chi connectivity index (χ0v) is 17.1. The fourth-order valence-corrected chi connectivity index (χ4v) is 3.92. The highest BCUT2D eigenvalue weighted by atomic mass is 35.5. The van der Waals surface area contributed by atoms with Crippen LogP contribution in [-0.4, -0.2) is 29.1 Å². The summed E-state index contributed by atoms with van der Waals surface area (Å²) in [6.07, 6.45) is 1.35. The van der Waals surface area contributed by atoms with Gasteiger partial charge in [0.25, 0.3) is 5.91 Å². The Morgan fingerprint density at radius 2 is 2.15 bits per heavy atom.